The maximum Gasteiger partial charge on any atom is 0.339 e. The first-order chi connectivity index (χ1) is 12.4. The first-order valence-corrected chi connectivity index (χ1v) is 8.84. The van der Waals surface area contributed by atoms with Crippen molar-refractivity contribution in [2.24, 2.45) is 5.92 Å². The quantitative estimate of drug-likeness (QED) is 0.768. The van der Waals surface area contributed by atoms with E-state index >= 15 is 0 Å². The highest BCUT2D eigenvalue weighted by atomic mass is 19.1. The van der Waals surface area contributed by atoms with Crippen molar-refractivity contribution in [3.63, 3.8) is 0 Å². The number of carbonyl (C=O) groups is 1. The van der Waals surface area contributed by atoms with Crippen LogP contribution in [0.25, 0.3) is 0 Å². The van der Waals surface area contributed by atoms with Crippen molar-refractivity contribution in [2.75, 3.05) is 20.6 Å². The maximum absolute atomic E-state index is 13.8. The zero-order chi connectivity index (χ0) is 18.5. The lowest BCUT2D eigenvalue weighted by atomic mass is 9.67. The molecule has 0 amide bonds. The standard InChI is InChI=1S/C21H21F2NO2/c1-24(2)12-15-4-3-13-9-17(23)6-8-19(13)21(15)11-14-10-16(22)5-7-18(14)20(25)26-21/h5-10,15H,3-4,11-12H2,1-2H3. The van der Waals surface area contributed by atoms with Crippen molar-refractivity contribution in [3.8, 4) is 0 Å². The number of hydrogen-bond acceptors (Lipinski definition) is 3. The summed E-state index contributed by atoms with van der Waals surface area (Å²) in [5, 5.41) is 0. The van der Waals surface area contributed by atoms with Crippen LogP contribution in [-0.4, -0.2) is 31.5 Å². The van der Waals surface area contributed by atoms with Gasteiger partial charge in [0, 0.05) is 18.9 Å². The van der Waals surface area contributed by atoms with E-state index in [1.807, 2.05) is 14.1 Å². The molecule has 0 aromatic heterocycles. The first-order valence-electron chi connectivity index (χ1n) is 8.84. The van der Waals surface area contributed by atoms with Gasteiger partial charge in [0.15, 0.2) is 0 Å². The molecule has 0 radical (unpaired) electrons. The third-order valence-electron chi connectivity index (χ3n) is 5.55. The molecule has 2 aromatic rings. The summed E-state index contributed by atoms with van der Waals surface area (Å²) in [5.74, 6) is -1.05. The summed E-state index contributed by atoms with van der Waals surface area (Å²) in [6.45, 7) is 0.731. The lowest BCUT2D eigenvalue weighted by molar-refractivity contribution is -0.0750. The van der Waals surface area contributed by atoms with Gasteiger partial charge in [0.1, 0.15) is 17.2 Å². The summed E-state index contributed by atoms with van der Waals surface area (Å²) < 4.78 is 33.6. The van der Waals surface area contributed by atoms with Crippen molar-refractivity contribution >= 4 is 5.97 Å². The minimum Gasteiger partial charge on any atom is -0.450 e. The molecule has 1 aliphatic carbocycles. The summed E-state index contributed by atoms with van der Waals surface area (Å²) >= 11 is 0. The molecule has 2 atom stereocenters. The van der Waals surface area contributed by atoms with Gasteiger partial charge in [0.25, 0.3) is 0 Å². The Hall–Kier alpha value is -2.27. The summed E-state index contributed by atoms with van der Waals surface area (Å²) in [7, 11) is 3.96. The molecule has 26 heavy (non-hydrogen) atoms. The molecule has 2 aliphatic rings. The average molecular weight is 357 g/mol. The molecule has 1 spiro atoms. The van der Waals surface area contributed by atoms with Crippen LogP contribution in [0.2, 0.25) is 0 Å². The summed E-state index contributed by atoms with van der Waals surface area (Å²) in [4.78, 5) is 14.8. The molecule has 1 aliphatic heterocycles. The van der Waals surface area contributed by atoms with Crippen molar-refractivity contribution in [3.05, 3.63) is 70.3 Å². The highest BCUT2D eigenvalue weighted by Gasteiger charge is 2.50. The van der Waals surface area contributed by atoms with Crippen molar-refractivity contribution in [1.29, 1.82) is 0 Å². The van der Waals surface area contributed by atoms with Gasteiger partial charge >= 0.3 is 5.97 Å². The fourth-order valence-corrected chi connectivity index (χ4v) is 4.47. The number of benzene rings is 2. The van der Waals surface area contributed by atoms with Crippen LogP contribution in [0.5, 0.6) is 0 Å². The minimum atomic E-state index is -0.885. The van der Waals surface area contributed by atoms with Gasteiger partial charge in [-0.3, -0.25) is 0 Å². The smallest absolute Gasteiger partial charge is 0.339 e. The van der Waals surface area contributed by atoms with Crippen LogP contribution >= 0.6 is 0 Å². The Morgan fingerprint density at radius 2 is 1.81 bits per heavy atom. The van der Waals surface area contributed by atoms with E-state index in [0.29, 0.717) is 17.5 Å². The normalized spacial score (nSPS) is 24.3. The molecule has 0 bridgehead atoms. The van der Waals surface area contributed by atoms with E-state index in [9.17, 15) is 13.6 Å². The van der Waals surface area contributed by atoms with Gasteiger partial charge in [0.2, 0.25) is 0 Å². The van der Waals surface area contributed by atoms with E-state index in [2.05, 4.69) is 4.90 Å². The van der Waals surface area contributed by atoms with Crippen LogP contribution in [0.3, 0.4) is 0 Å². The van der Waals surface area contributed by atoms with Crippen molar-refractivity contribution in [2.45, 2.75) is 24.9 Å². The Labute approximate surface area is 151 Å². The second-order valence-corrected chi connectivity index (χ2v) is 7.56. The van der Waals surface area contributed by atoms with Crippen LogP contribution < -0.4 is 0 Å². The molecule has 0 N–H and O–H groups in total. The molecule has 4 rings (SSSR count). The maximum atomic E-state index is 13.8. The van der Waals surface area contributed by atoms with Crippen molar-refractivity contribution < 1.29 is 18.3 Å². The van der Waals surface area contributed by atoms with Crippen molar-refractivity contribution in [1.82, 2.24) is 4.90 Å². The predicted molar refractivity (Wildman–Crippen MR) is 94.0 cm³/mol. The number of hydrogen-bond donors (Lipinski definition) is 0. The fourth-order valence-electron chi connectivity index (χ4n) is 4.47. The van der Waals surface area contributed by atoms with Crippen LogP contribution in [0.15, 0.2) is 36.4 Å². The summed E-state index contributed by atoms with van der Waals surface area (Å²) in [6.07, 6.45) is 1.93. The van der Waals surface area contributed by atoms with Crippen LogP contribution in [-0.2, 0) is 23.2 Å². The van der Waals surface area contributed by atoms with Gasteiger partial charge in [-0.2, -0.15) is 0 Å². The minimum absolute atomic E-state index is 0.0517. The second-order valence-electron chi connectivity index (χ2n) is 7.56. The van der Waals surface area contributed by atoms with Gasteiger partial charge in [-0.25, -0.2) is 13.6 Å². The number of esters is 1. The SMILES string of the molecule is CN(C)CC1CCc2cc(F)ccc2C12Cc1cc(F)ccc1C(=O)O2. The highest BCUT2D eigenvalue weighted by Crippen LogP contribution is 2.48. The number of aryl methyl sites for hydroxylation is 1. The molecule has 3 nitrogen and oxygen atoms in total. The number of nitrogens with zero attached hydrogens (tertiary/aromatic N) is 1. The number of carbonyl (C=O) groups excluding carboxylic acids is 1. The molecule has 0 fully saturated rings. The second kappa shape index (κ2) is 6.16. The van der Waals surface area contributed by atoms with Gasteiger partial charge in [-0.1, -0.05) is 6.07 Å². The zero-order valence-electron chi connectivity index (χ0n) is 14.9. The molecular weight excluding hydrogens is 336 g/mol. The molecule has 0 saturated carbocycles. The third-order valence-corrected chi connectivity index (χ3v) is 5.55. The predicted octanol–water partition coefficient (Wildman–Crippen LogP) is 3.70. The Balaban J connectivity index is 1.88. The van der Waals surface area contributed by atoms with E-state index in [-0.39, 0.29) is 17.6 Å². The van der Waals surface area contributed by atoms with E-state index in [4.69, 9.17) is 4.74 Å². The van der Waals surface area contributed by atoms with E-state index in [1.165, 1.54) is 30.3 Å². The van der Waals surface area contributed by atoms with Gasteiger partial charge in [-0.15, -0.1) is 0 Å². The Morgan fingerprint density at radius 3 is 2.54 bits per heavy atom. The monoisotopic (exact) mass is 357 g/mol. The van der Waals surface area contributed by atoms with Crippen LogP contribution in [0.1, 0.15) is 33.5 Å². The molecular formula is C21H21F2NO2. The molecule has 5 heteroatoms. The lowest BCUT2D eigenvalue weighted by Crippen LogP contribution is -2.51. The first kappa shape index (κ1) is 17.2. The Kier molecular flexibility index (Phi) is 4.07. The molecule has 136 valence electrons. The summed E-state index contributed by atoms with van der Waals surface area (Å²) in [5.41, 5.74) is 1.90. The summed E-state index contributed by atoms with van der Waals surface area (Å²) in [6, 6.07) is 8.84. The third kappa shape index (κ3) is 2.71. The zero-order valence-corrected chi connectivity index (χ0v) is 14.9. The number of ether oxygens (including phenoxy) is 1. The van der Waals surface area contributed by atoms with E-state index < -0.39 is 11.6 Å². The largest absolute Gasteiger partial charge is 0.450 e. The highest BCUT2D eigenvalue weighted by molar-refractivity contribution is 5.92. The van der Waals surface area contributed by atoms with Gasteiger partial charge in [0.05, 0.1) is 5.56 Å². The molecule has 2 aromatic carbocycles. The number of rotatable bonds is 2. The van der Waals surface area contributed by atoms with Gasteiger partial charge in [-0.05, 0) is 74.0 Å². The van der Waals surface area contributed by atoms with Crippen LogP contribution in [0, 0.1) is 17.6 Å². The molecule has 0 saturated heterocycles. The topological polar surface area (TPSA) is 29.5 Å². The Bertz CT molecular complexity index is 880. The van der Waals surface area contributed by atoms with E-state index in [1.54, 1.807) is 6.07 Å². The molecule has 2 unspecified atom stereocenters. The average Bonchev–Trinajstić information content (AvgIpc) is 2.57. The van der Waals surface area contributed by atoms with E-state index in [0.717, 1.165) is 30.5 Å². The lowest BCUT2D eigenvalue weighted by Gasteiger charge is -2.47. The van der Waals surface area contributed by atoms with Gasteiger partial charge < -0.3 is 9.64 Å². The molecule has 1 heterocycles. The Morgan fingerprint density at radius 1 is 1.12 bits per heavy atom. The number of fused-ring (bicyclic) bond motifs is 3. The number of halogens is 2. The van der Waals surface area contributed by atoms with Crippen LogP contribution in [0.4, 0.5) is 8.78 Å². The fraction of sp³-hybridized carbons (Fsp3) is 0.381.